The average Bonchev–Trinajstić information content (AvgIpc) is 2.52. The van der Waals surface area contributed by atoms with Crippen molar-refractivity contribution >= 4 is 0 Å². The molecule has 6 nitrogen and oxygen atoms in total. The van der Waals surface area contributed by atoms with Gasteiger partial charge in [0.05, 0.1) is 0 Å². The van der Waals surface area contributed by atoms with E-state index in [1.165, 1.54) is 0 Å². The molecule has 1 fully saturated rings. The average molecular weight is 197 g/mol. The summed E-state index contributed by atoms with van der Waals surface area (Å²) in [6.07, 6.45) is 1.97. The van der Waals surface area contributed by atoms with Crippen LogP contribution in [0.2, 0.25) is 0 Å². The first-order chi connectivity index (χ1) is 6.70. The molecule has 1 N–H and O–H groups in total. The monoisotopic (exact) mass is 197 g/mol. The van der Waals surface area contributed by atoms with Crippen LogP contribution in [0.1, 0.15) is 19.8 Å². The maximum absolute atomic E-state index is 5.80. The number of nitrogens with zero attached hydrogens (tertiary/aromatic N) is 4. The van der Waals surface area contributed by atoms with Gasteiger partial charge in [-0.05, 0) is 43.3 Å². The van der Waals surface area contributed by atoms with Crippen LogP contribution in [0.3, 0.4) is 0 Å². The molecule has 0 spiro atoms. The second kappa shape index (κ2) is 3.53. The Balaban J connectivity index is 2.05. The van der Waals surface area contributed by atoms with E-state index in [1.807, 2.05) is 0 Å². The highest BCUT2D eigenvalue weighted by molar-refractivity contribution is 4.94. The van der Waals surface area contributed by atoms with Gasteiger partial charge in [-0.25, -0.2) is 0 Å². The van der Waals surface area contributed by atoms with Gasteiger partial charge < -0.3 is 10.1 Å². The van der Waals surface area contributed by atoms with E-state index >= 15 is 0 Å². The van der Waals surface area contributed by atoms with Gasteiger partial charge in [-0.1, -0.05) is 5.10 Å². The van der Waals surface area contributed by atoms with E-state index < -0.39 is 0 Å². The van der Waals surface area contributed by atoms with Crippen LogP contribution in [0.25, 0.3) is 0 Å². The van der Waals surface area contributed by atoms with Crippen LogP contribution >= 0.6 is 0 Å². The molecule has 1 aromatic heterocycles. The maximum Gasteiger partial charge on any atom is 0.335 e. The molecule has 78 valence electrons. The molecular formula is C8H15N5O. The Bertz CT molecular complexity index is 304. The van der Waals surface area contributed by atoms with E-state index in [0.29, 0.717) is 6.01 Å². The van der Waals surface area contributed by atoms with Gasteiger partial charge in [-0.15, -0.1) is 0 Å². The van der Waals surface area contributed by atoms with Crippen molar-refractivity contribution in [3.05, 3.63) is 0 Å². The predicted octanol–water partition coefficient (Wildman–Crippen LogP) is -0.269. The van der Waals surface area contributed by atoms with Gasteiger partial charge in [-0.3, -0.25) is 0 Å². The standard InChI is InChI=1S/C8H15N5O/c1-8(3-5-9-6-4-8)14-7-10-11-12-13(7)2/h9H,3-6H2,1-2H3. The Morgan fingerprint density at radius 1 is 1.43 bits per heavy atom. The van der Waals surface area contributed by atoms with E-state index in [1.54, 1.807) is 11.7 Å². The summed E-state index contributed by atoms with van der Waals surface area (Å²) in [7, 11) is 1.78. The second-order valence-corrected chi connectivity index (χ2v) is 3.89. The molecule has 0 amide bonds. The fourth-order valence-electron chi connectivity index (χ4n) is 1.59. The Labute approximate surface area is 82.6 Å². The number of aromatic nitrogens is 4. The van der Waals surface area contributed by atoms with Crippen molar-refractivity contribution in [1.82, 2.24) is 25.5 Å². The molecule has 0 radical (unpaired) electrons. The first-order valence-electron chi connectivity index (χ1n) is 4.82. The van der Waals surface area contributed by atoms with Crippen molar-refractivity contribution < 1.29 is 4.74 Å². The zero-order chi connectivity index (χ0) is 10.0. The lowest BCUT2D eigenvalue weighted by molar-refractivity contribution is 0.0415. The lowest BCUT2D eigenvalue weighted by Gasteiger charge is -2.33. The number of piperidine rings is 1. The fourth-order valence-corrected chi connectivity index (χ4v) is 1.59. The van der Waals surface area contributed by atoms with Crippen molar-refractivity contribution in [3.63, 3.8) is 0 Å². The number of nitrogens with one attached hydrogen (secondary N) is 1. The maximum atomic E-state index is 5.80. The Morgan fingerprint density at radius 2 is 2.14 bits per heavy atom. The minimum Gasteiger partial charge on any atom is -0.456 e. The molecule has 0 aromatic carbocycles. The molecule has 0 bridgehead atoms. The summed E-state index contributed by atoms with van der Waals surface area (Å²) in [5.74, 6) is 0. The Morgan fingerprint density at radius 3 is 2.71 bits per heavy atom. The van der Waals surface area contributed by atoms with E-state index in [2.05, 4.69) is 27.8 Å². The number of ether oxygens (including phenoxy) is 1. The molecule has 1 aliphatic heterocycles. The van der Waals surface area contributed by atoms with E-state index in [-0.39, 0.29) is 5.60 Å². The third-order valence-electron chi connectivity index (χ3n) is 2.58. The van der Waals surface area contributed by atoms with E-state index in [0.717, 1.165) is 25.9 Å². The van der Waals surface area contributed by atoms with Crippen LogP contribution in [0.15, 0.2) is 0 Å². The summed E-state index contributed by atoms with van der Waals surface area (Å²) >= 11 is 0. The minimum absolute atomic E-state index is 0.131. The van der Waals surface area contributed by atoms with Gasteiger partial charge >= 0.3 is 6.01 Å². The first-order valence-corrected chi connectivity index (χ1v) is 4.82. The minimum atomic E-state index is -0.131. The number of hydrogen-bond donors (Lipinski definition) is 1. The van der Waals surface area contributed by atoms with Crippen LogP contribution in [0.5, 0.6) is 6.01 Å². The molecule has 2 rings (SSSR count). The summed E-state index contributed by atoms with van der Waals surface area (Å²) in [5.41, 5.74) is -0.131. The van der Waals surface area contributed by atoms with Gasteiger partial charge in [0.1, 0.15) is 5.60 Å². The predicted molar refractivity (Wildman–Crippen MR) is 49.9 cm³/mol. The van der Waals surface area contributed by atoms with Gasteiger partial charge in [0.2, 0.25) is 0 Å². The van der Waals surface area contributed by atoms with Crippen LogP contribution < -0.4 is 10.1 Å². The van der Waals surface area contributed by atoms with Gasteiger partial charge in [0, 0.05) is 7.05 Å². The topological polar surface area (TPSA) is 64.9 Å². The van der Waals surface area contributed by atoms with Gasteiger partial charge in [0.15, 0.2) is 0 Å². The summed E-state index contributed by atoms with van der Waals surface area (Å²) < 4.78 is 7.35. The quantitative estimate of drug-likeness (QED) is 0.707. The third kappa shape index (κ3) is 1.84. The van der Waals surface area contributed by atoms with Crippen molar-refractivity contribution in [2.75, 3.05) is 13.1 Å². The lowest BCUT2D eigenvalue weighted by atomic mass is 9.95. The van der Waals surface area contributed by atoms with Crippen LogP contribution in [-0.4, -0.2) is 38.9 Å². The molecule has 1 saturated heterocycles. The molecule has 0 unspecified atom stereocenters. The highest BCUT2D eigenvalue weighted by Crippen LogP contribution is 2.23. The van der Waals surface area contributed by atoms with Crippen molar-refractivity contribution in [2.45, 2.75) is 25.4 Å². The van der Waals surface area contributed by atoms with E-state index in [4.69, 9.17) is 4.74 Å². The first kappa shape index (κ1) is 9.39. The molecule has 1 aromatic rings. The van der Waals surface area contributed by atoms with E-state index in [9.17, 15) is 0 Å². The molecule has 0 aliphatic carbocycles. The molecule has 6 heteroatoms. The summed E-state index contributed by atoms with van der Waals surface area (Å²) in [6, 6.07) is 0.495. The summed E-state index contributed by atoms with van der Waals surface area (Å²) in [5, 5.41) is 14.4. The van der Waals surface area contributed by atoms with Crippen LogP contribution in [0, 0.1) is 0 Å². The second-order valence-electron chi connectivity index (χ2n) is 3.89. The molecule has 2 heterocycles. The SMILES string of the molecule is Cn1nnnc1OC1(C)CCNCC1. The summed E-state index contributed by atoms with van der Waals surface area (Å²) in [6.45, 7) is 4.08. The zero-order valence-corrected chi connectivity index (χ0v) is 8.53. The van der Waals surface area contributed by atoms with Crippen molar-refractivity contribution in [2.24, 2.45) is 7.05 Å². The number of rotatable bonds is 2. The number of aryl methyl sites for hydroxylation is 1. The van der Waals surface area contributed by atoms with Gasteiger partial charge in [0.25, 0.3) is 0 Å². The van der Waals surface area contributed by atoms with Gasteiger partial charge in [-0.2, -0.15) is 4.68 Å². The van der Waals surface area contributed by atoms with Crippen molar-refractivity contribution in [1.29, 1.82) is 0 Å². The fraction of sp³-hybridized carbons (Fsp3) is 0.875. The molecule has 0 atom stereocenters. The lowest BCUT2D eigenvalue weighted by Crippen LogP contribution is -2.44. The molecule has 0 saturated carbocycles. The molecular weight excluding hydrogens is 182 g/mol. The number of hydrogen-bond acceptors (Lipinski definition) is 5. The van der Waals surface area contributed by atoms with Crippen molar-refractivity contribution in [3.8, 4) is 6.01 Å². The largest absolute Gasteiger partial charge is 0.456 e. The van der Waals surface area contributed by atoms with Crippen LogP contribution in [-0.2, 0) is 7.05 Å². The normalized spacial score (nSPS) is 20.7. The molecule has 14 heavy (non-hydrogen) atoms. The number of tetrazole rings is 1. The Kier molecular flexibility index (Phi) is 2.37. The zero-order valence-electron chi connectivity index (χ0n) is 8.53. The smallest absolute Gasteiger partial charge is 0.335 e. The molecule has 1 aliphatic rings. The van der Waals surface area contributed by atoms with Crippen LogP contribution in [0.4, 0.5) is 0 Å². The highest BCUT2D eigenvalue weighted by Gasteiger charge is 2.30. The third-order valence-corrected chi connectivity index (χ3v) is 2.58. The summed E-state index contributed by atoms with van der Waals surface area (Å²) in [4.78, 5) is 0. The highest BCUT2D eigenvalue weighted by atomic mass is 16.5. The Hall–Kier alpha value is -1.17.